The number of hydrogen-bond acceptors (Lipinski definition) is 4. The zero-order chi connectivity index (χ0) is 15.6. The van der Waals surface area contributed by atoms with Gasteiger partial charge >= 0.3 is 0 Å². The minimum Gasteiger partial charge on any atom is -0.497 e. The van der Waals surface area contributed by atoms with Crippen molar-refractivity contribution in [1.29, 1.82) is 0 Å². The molecule has 0 radical (unpaired) electrons. The number of nitrogens with zero attached hydrogens (tertiary/aromatic N) is 2. The fourth-order valence-electron chi connectivity index (χ4n) is 3.49. The van der Waals surface area contributed by atoms with Crippen LogP contribution in [0.4, 0.5) is 0 Å². The van der Waals surface area contributed by atoms with E-state index >= 15 is 0 Å². The molecule has 0 atom stereocenters. The summed E-state index contributed by atoms with van der Waals surface area (Å²) in [6.45, 7) is 3.70. The van der Waals surface area contributed by atoms with Crippen LogP contribution >= 0.6 is 0 Å². The van der Waals surface area contributed by atoms with Crippen molar-refractivity contribution in [3.05, 3.63) is 29.8 Å². The topological polar surface area (TPSA) is 42.0 Å². The highest BCUT2D eigenvalue weighted by molar-refractivity contribution is 5.79. The van der Waals surface area contributed by atoms with Crippen LogP contribution in [0.3, 0.4) is 0 Å². The van der Waals surface area contributed by atoms with E-state index in [1.165, 1.54) is 5.56 Å². The van der Waals surface area contributed by atoms with E-state index in [2.05, 4.69) is 17.0 Å². The Morgan fingerprint density at radius 3 is 2.55 bits per heavy atom. The van der Waals surface area contributed by atoms with Crippen molar-refractivity contribution in [2.75, 3.05) is 40.5 Å². The molecule has 5 nitrogen and oxygen atoms in total. The summed E-state index contributed by atoms with van der Waals surface area (Å²) in [4.78, 5) is 16.6. The molecule has 5 heteroatoms. The number of rotatable bonds is 3. The Bertz CT molecular complexity index is 523. The monoisotopic (exact) mass is 304 g/mol. The SMILES string of the molecule is COc1ccc(CN2CC(=O)N(C)C3(CCOCC3)C2)cc1. The smallest absolute Gasteiger partial charge is 0.237 e. The van der Waals surface area contributed by atoms with E-state index < -0.39 is 0 Å². The molecule has 0 aromatic heterocycles. The highest BCUT2D eigenvalue weighted by Gasteiger charge is 2.44. The van der Waals surface area contributed by atoms with Gasteiger partial charge in [-0.1, -0.05) is 12.1 Å². The quantitative estimate of drug-likeness (QED) is 0.849. The van der Waals surface area contributed by atoms with E-state index in [0.717, 1.165) is 44.9 Å². The van der Waals surface area contributed by atoms with Crippen molar-refractivity contribution in [3.63, 3.8) is 0 Å². The second-order valence-electron chi connectivity index (χ2n) is 6.28. The molecule has 1 spiro atoms. The first-order valence-corrected chi connectivity index (χ1v) is 7.83. The van der Waals surface area contributed by atoms with Gasteiger partial charge in [-0.2, -0.15) is 0 Å². The first kappa shape index (κ1) is 15.3. The van der Waals surface area contributed by atoms with Gasteiger partial charge in [0.2, 0.25) is 5.91 Å². The molecule has 2 aliphatic rings. The van der Waals surface area contributed by atoms with Gasteiger partial charge in [0.25, 0.3) is 0 Å². The highest BCUT2D eigenvalue weighted by Crippen LogP contribution is 2.31. The molecule has 1 aromatic rings. The van der Waals surface area contributed by atoms with Crippen LogP contribution < -0.4 is 4.74 Å². The third-order valence-electron chi connectivity index (χ3n) is 4.95. The van der Waals surface area contributed by atoms with Gasteiger partial charge in [0.1, 0.15) is 5.75 Å². The van der Waals surface area contributed by atoms with Crippen LogP contribution in [0.5, 0.6) is 5.75 Å². The van der Waals surface area contributed by atoms with E-state index in [1.54, 1.807) is 7.11 Å². The molecular weight excluding hydrogens is 280 g/mol. The fourth-order valence-corrected chi connectivity index (χ4v) is 3.49. The number of piperazine rings is 1. The van der Waals surface area contributed by atoms with Crippen molar-refractivity contribution in [2.45, 2.75) is 24.9 Å². The Balaban J connectivity index is 1.72. The van der Waals surface area contributed by atoms with Gasteiger partial charge in [-0.25, -0.2) is 0 Å². The lowest BCUT2D eigenvalue weighted by atomic mass is 9.85. The van der Waals surface area contributed by atoms with Gasteiger partial charge in [0.05, 0.1) is 19.2 Å². The minimum absolute atomic E-state index is 0.0555. The lowest BCUT2D eigenvalue weighted by Gasteiger charge is -2.51. The number of carbonyl (C=O) groups excluding carboxylic acids is 1. The van der Waals surface area contributed by atoms with Gasteiger partial charge in [0.15, 0.2) is 0 Å². The van der Waals surface area contributed by atoms with Crippen LogP contribution in [0.1, 0.15) is 18.4 Å². The largest absolute Gasteiger partial charge is 0.497 e. The maximum atomic E-state index is 12.4. The van der Waals surface area contributed by atoms with Crippen molar-refractivity contribution in [3.8, 4) is 5.75 Å². The van der Waals surface area contributed by atoms with Crippen LogP contribution in [0.2, 0.25) is 0 Å². The number of likely N-dealkylation sites (N-methyl/N-ethyl adjacent to an activating group) is 1. The summed E-state index contributed by atoms with van der Waals surface area (Å²) in [6.07, 6.45) is 1.85. The van der Waals surface area contributed by atoms with Crippen molar-refractivity contribution in [2.24, 2.45) is 0 Å². The van der Waals surface area contributed by atoms with Crippen molar-refractivity contribution < 1.29 is 14.3 Å². The van der Waals surface area contributed by atoms with Gasteiger partial charge in [-0.15, -0.1) is 0 Å². The molecule has 2 saturated heterocycles. The van der Waals surface area contributed by atoms with E-state index in [1.807, 2.05) is 24.1 Å². The molecule has 1 amide bonds. The second-order valence-corrected chi connectivity index (χ2v) is 6.28. The Labute approximate surface area is 131 Å². The number of hydrogen-bond donors (Lipinski definition) is 0. The zero-order valence-electron chi connectivity index (χ0n) is 13.4. The van der Waals surface area contributed by atoms with Gasteiger partial charge in [-0.3, -0.25) is 9.69 Å². The molecule has 2 heterocycles. The number of ether oxygens (including phenoxy) is 2. The Morgan fingerprint density at radius 1 is 1.23 bits per heavy atom. The van der Waals surface area contributed by atoms with Gasteiger partial charge < -0.3 is 14.4 Å². The maximum Gasteiger partial charge on any atom is 0.237 e. The normalized spacial score (nSPS) is 22.1. The summed E-state index contributed by atoms with van der Waals surface area (Å²) in [5.41, 5.74) is 1.15. The molecule has 22 heavy (non-hydrogen) atoms. The molecule has 2 aliphatic heterocycles. The average Bonchev–Trinajstić information content (AvgIpc) is 2.54. The highest BCUT2D eigenvalue weighted by atomic mass is 16.5. The predicted molar refractivity (Wildman–Crippen MR) is 83.8 cm³/mol. The second kappa shape index (κ2) is 6.26. The minimum atomic E-state index is -0.0555. The molecule has 0 saturated carbocycles. The maximum absolute atomic E-state index is 12.4. The molecule has 2 fully saturated rings. The molecule has 3 rings (SSSR count). The Kier molecular flexibility index (Phi) is 4.36. The molecule has 0 unspecified atom stereocenters. The summed E-state index contributed by atoms with van der Waals surface area (Å²) >= 11 is 0. The van der Waals surface area contributed by atoms with Crippen LogP contribution in [0, 0.1) is 0 Å². The van der Waals surface area contributed by atoms with Crippen molar-refractivity contribution >= 4 is 5.91 Å². The van der Waals surface area contributed by atoms with Crippen LogP contribution in [-0.4, -0.2) is 61.7 Å². The molecule has 120 valence electrons. The number of benzene rings is 1. The third kappa shape index (κ3) is 2.96. The van der Waals surface area contributed by atoms with Crippen LogP contribution in [0.25, 0.3) is 0 Å². The number of carbonyl (C=O) groups is 1. The molecular formula is C17H24N2O3. The average molecular weight is 304 g/mol. The van der Waals surface area contributed by atoms with Crippen LogP contribution in [-0.2, 0) is 16.1 Å². The predicted octanol–water partition coefficient (Wildman–Crippen LogP) is 1.52. The van der Waals surface area contributed by atoms with Crippen LogP contribution in [0.15, 0.2) is 24.3 Å². The van der Waals surface area contributed by atoms with Gasteiger partial charge in [0, 0.05) is 33.4 Å². The van der Waals surface area contributed by atoms with E-state index in [4.69, 9.17) is 9.47 Å². The summed E-state index contributed by atoms with van der Waals surface area (Å²) < 4.78 is 10.7. The molecule has 1 aromatic carbocycles. The summed E-state index contributed by atoms with van der Waals surface area (Å²) in [7, 11) is 3.61. The Morgan fingerprint density at radius 2 is 1.91 bits per heavy atom. The number of amides is 1. The van der Waals surface area contributed by atoms with Crippen molar-refractivity contribution in [1.82, 2.24) is 9.80 Å². The zero-order valence-corrected chi connectivity index (χ0v) is 13.4. The molecule has 0 bridgehead atoms. The summed E-state index contributed by atoms with van der Waals surface area (Å²) in [5, 5.41) is 0. The fraction of sp³-hybridized carbons (Fsp3) is 0.588. The standard InChI is InChI=1S/C17H24N2O3/c1-18-16(20)12-19(13-17(18)7-9-22-10-8-17)11-14-3-5-15(21-2)6-4-14/h3-6H,7-13H2,1-2H3. The Hall–Kier alpha value is -1.59. The third-order valence-corrected chi connectivity index (χ3v) is 4.95. The molecule has 0 N–H and O–H groups in total. The first-order valence-electron chi connectivity index (χ1n) is 7.83. The lowest BCUT2D eigenvalue weighted by Crippen LogP contribution is -2.64. The van der Waals surface area contributed by atoms with E-state index in [9.17, 15) is 4.79 Å². The number of methoxy groups -OCH3 is 1. The van der Waals surface area contributed by atoms with E-state index in [-0.39, 0.29) is 11.4 Å². The first-order chi connectivity index (χ1) is 10.6. The van der Waals surface area contributed by atoms with E-state index in [0.29, 0.717) is 6.54 Å². The lowest BCUT2D eigenvalue weighted by molar-refractivity contribution is -0.150. The van der Waals surface area contributed by atoms with Gasteiger partial charge in [-0.05, 0) is 30.5 Å². The summed E-state index contributed by atoms with van der Waals surface area (Å²) in [6, 6.07) is 8.07. The molecule has 0 aliphatic carbocycles. The summed E-state index contributed by atoms with van der Waals surface area (Å²) in [5.74, 6) is 1.07.